The molecule has 45 heavy (non-hydrogen) atoms. The Hall–Kier alpha value is -4.44. The summed E-state index contributed by atoms with van der Waals surface area (Å²) in [7, 11) is 1.61. The van der Waals surface area contributed by atoms with Crippen molar-refractivity contribution in [3.05, 3.63) is 93.5 Å². The van der Waals surface area contributed by atoms with E-state index in [4.69, 9.17) is 4.74 Å². The number of rotatable bonds is 8. The molecule has 3 amide bonds. The molecule has 0 bridgehead atoms. The first kappa shape index (κ1) is 30.6. The Balaban J connectivity index is 1.03. The lowest BCUT2D eigenvalue weighted by Gasteiger charge is -2.42. The van der Waals surface area contributed by atoms with Crippen LogP contribution in [0.3, 0.4) is 0 Å². The molecule has 3 fully saturated rings. The van der Waals surface area contributed by atoms with E-state index >= 15 is 0 Å². The van der Waals surface area contributed by atoms with Crippen LogP contribution in [0, 0.1) is 17.0 Å². The van der Waals surface area contributed by atoms with Crippen LogP contribution in [0.2, 0.25) is 0 Å². The van der Waals surface area contributed by atoms with Gasteiger partial charge in [0.25, 0.3) is 5.69 Å². The molecule has 3 aromatic carbocycles. The molecule has 0 saturated carbocycles. The van der Waals surface area contributed by atoms with E-state index in [-0.39, 0.29) is 29.1 Å². The molecule has 236 valence electrons. The van der Waals surface area contributed by atoms with E-state index in [1.807, 2.05) is 49.4 Å². The number of methoxy groups -OCH3 is 1. The Morgan fingerprint density at radius 2 is 1.56 bits per heavy atom. The maximum Gasteiger partial charge on any atom is 0.331 e. The van der Waals surface area contributed by atoms with Crippen molar-refractivity contribution >= 4 is 29.0 Å². The average Bonchev–Trinajstić information content (AvgIpc) is 3.07. The number of aryl methyl sites for hydroxylation is 1. The van der Waals surface area contributed by atoms with Crippen LogP contribution in [0.1, 0.15) is 54.7 Å². The summed E-state index contributed by atoms with van der Waals surface area (Å²) in [6, 6.07) is 21.1. The summed E-state index contributed by atoms with van der Waals surface area (Å²) in [4.78, 5) is 45.0. The molecule has 3 heterocycles. The zero-order chi connectivity index (χ0) is 31.5. The summed E-state index contributed by atoms with van der Waals surface area (Å²) in [6.45, 7) is 6.74. The molecule has 0 spiro atoms. The molecule has 0 aromatic heterocycles. The van der Waals surface area contributed by atoms with Crippen molar-refractivity contribution in [2.24, 2.45) is 0 Å². The maximum absolute atomic E-state index is 13.5. The van der Waals surface area contributed by atoms with Crippen molar-refractivity contribution in [1.82, 2.24) is 9.80 Å². The fourth-order valence-electron chi connectivity index (χ4n) is 7.08. The third-order valence-corrected chi connectivity index (χ3v) is 9.73. The lowest BCUT2D eigenvalue weighted by Crippen LogP contribution is -2.52. The van der Waals surface area contributed by atoms with E-state index in [9.17, 15) is 19.7 Å². The van der Waals surface area contributed by atoms with Gasteiger partial charge in [-0.25, -0.2) is 4.79 Å². The van der Waals surface area contributed by atoms with Gasteiger partial charge >= 0.3 is 6.03 Å². The summed E-state index contributed by atoms with van der Waals surface area (Å²) in [5.74, 6) is 1.04. The fraction of sp³-hybridized carbons (Fsp3) is 0.429. The number of hydrogen-bond acceptors (Lipinski definition) is 7. The molecule has 0 N–H and O–H groups in total. The molecule has 3 aliphatic heterocycles. The van der Waals surface area contributed by atoms with Crippen LogP contribution in [0.4, 0.5) is 21.9 Å². The quantitative estimate of drug-likeness (QED) is 0.224. The molecule has 3 aromatic rings. The molecule has 6 rings (SSSR count). The van der Waals surface area contributed by atoms with E-state index in [0.29, 0.717) is 24.9 Å². The molecule has 0 atom stereocenters. The van der Waals surface area contributed by atoms with E-state index in [1.54, 1.807) is 24.1 Å². The number of non-ortho nitro benzene ring substituents is 1. The van der Waals surface area contributed by atoms with E-state index in [0.717, 1.165) is 74.4 Å². The summed E-state index contributed by atoms with van der Waals surface area (Å²) < 4.78 is 5.23. The largest absolute Gasteiger partial charge is 0.497 e. The number of nitro groups is 1. The molecular formula is C35H41N5O5. The number of nitro benzene ring substituents is 1. The van der Waals surface area contributed by atoms with Crippen molar-refractivity contribution in [3.63, 3.8) is 0 Å². The highest BCUT2D eigenvalue weighted by Crippen LogP contribution is 2.34. The maximum atomic E-state index is 13.5. The number of ether oxygens (including phenoxy) is 1. The Kier molecular flexibility index (Phi) is 9.02. The Morgan fingerprint density at radius 1 is 0.867 bits per heavy atom. The van der Waals surface area contributed by atoms with Gasteiger partial charge in [-0.05, 0) is 98.6 Å². The smallest absolute Gasteiger partial charge is 0.331 e. The minimum absolute atomic E-state index is 0.150. The van der Waals surface area contributed by atoms with Gasteiger partial charge in [0.1, 0.15) is 5.75 Å². The first-order valence-electron chi connectivity index (χ1n) is 15.9. The van der Waals surface area contributed by atoms with Crippen LogP contribution in [-0.2, 0) is 11.3 Å². The number of carbonyl (C=O) groups is 2. The van der Waals surface area contributed by atoms with Gasteiger partial charge in [-0.15, -0.1) is 0 Å². The Morgan fingerprint density at radius 3 is 2.18 bits per heavy atom. The monoisotopic (exact) mass is 611 g/mol. The van der Waals surface area contributed by atoms with E-state index < -0.39 is 0 Å². The van der Waals surface area contributed by atoms with Crippen LogP contribution < -0.4 is 14.5 Å². The highest BCUT2D eigenvalue weighted by Gasteiger charge is 2.34. The third kappa shape index (κ3) is 6.66. The SMILES string of the molecule is COc1ccc(CN2C(=O)CCN(c3ccc(N4CCC(N5CCC(c6ccc([N+](=O)[O-])cc6)CC5)CC4)cc3C)C2=O)cc1. The normalized spacial score (nSPS) is 18.8. The fourth-order valence-corrected chi connectivity index (χ4v) is 7.08. The van der Waals surface area contributed by atoms with Gasteiger partial charge in [0.15, 0.2) is 0 Å². The number of nitrogens with zero attached hydrogens (tertiary/aromatic N) is 5. The minimum Gasteiger partial charge on any atom is -0.497 e. The van der Waals surface area contributed by atoms with E-state index in [1.165, 1.54) is 16.2 Å². The lowest BCUT2D eigenvalue weighted by atomic mass is 9.88. The van der Waals surface area contributed by atoms with Crippen molar-refractivity contribution in [2.45, 2.75) is 57.5 Å². The number of benzene rings is 3. The average molecular weight is 612 g/mol. The highest BCUT2D eigenvalue weighted by molar-refractivity contribution is 6.06. The number of carbonyl (C=O) groups excluding carboxylic acids is 2. The topological polar surface area (TPSA) is 99.5 Å². The number of likely N-dealkylation sites (tertiary alicyclic amines) is 1. The van der Waals surface area contributed by atoms with Crippen LogP contribution in [0.25, 0.3) is 0 Å². The Bertz CT molecular complexity index is 1530. The second-order valence-electron chi connectivity index (χ2n) is 12.4. The van der Waals surface area contributed by atoms with Crippen LogP contribution in [0.15, 0.2) is 66.7 Å². The van der Waals surface area contributed by atoms with E-state index in [2.05, 4.69) is 21.9 Å². The zero-order valence-corrected chi connectivity index (χ0v) is 26.1. The first-order chi connectivity index (χ1) is 21.8. The second-order valence-corrected chi connectivity index (χ2v) is 12.4. The highest BCUT2D eigenvalue weighted by atomic mass is 16.6. The molecule has 3 aliphatic rings. The predicted molar refractivity (Wildman–Crippen MR) is 174 cm³/mol. The summed E-state index contributed by atoms with van der Waals surface area (Å²) in [5, 5.41) is 11.0. The lowest BCUT2D eigenvalue weighted by molar-refractivity contribution is -0.384. The number of piperidine rings is 2. The predicted octanol–water partition coefficient (Wildman–Crippen LogP) is 6.12. The first-order valence-corrected chi connectivity index (χ1v) is 15.9. The van der Waals surface area contributed by atoms with Crippen molar-refractivity contribution in [2.75, 3.05) is 49.6 Å². The second kappa shape index (κ2) is 13.3. The minimum atomic E-state index is -0.341. The molecular weight excluding hydrogens is 570 g/mol. The molecule has 0 radical (unpaired) electrons. The summed E-state index contributed by atoms with van der Waals surface area (Å²) >= 11 is 0. The number of hydrogen-bond donors (Lipinski definition) is 0. The van der Waals surface area contributed by atoms with Crippen molar-refractivity contribution < 1.29 is 19.2 Å². The molecule has 0 unspecified atom stereocenters. The van der Waals surface area contributed by atoms with Crippen LogP contribution >= 0.6 is 0 Å². The van der Waals surface area contributed by atoms with Crippen molar-refractivity contribution in [3.8, 4) is 5.75 Å². The third-order valence-electron chi connectivity index (χ3n) is 9.73. The standard InChI is InChI=1S/C35H41N5O5/c1-25-23-31(9-12-33(25)38-22-17-34(41)39(35(38)42)24-26-3-10-32(45-2)11-4-26)37-20-15-29(16-21-37)36-18-13-28(14-19-36)27-5-7-30(8-6-27)40(43)44/h3-12,23,28-29H,13-22,24H2,1-2H3. The molecule has 3 saturated heterocycles. The molecule has 10 nitrogen and oxygen atoms in total. The van der Waals surface area contributed by atoms with Gasteiger partial charge in [-0.3, -0.25) is 24.7 Å². The zero-order valence-electron chi connectivity index (χ0n) is 26.1. The van der Waals surface area contributed by atoms with Gasteiger partial charge < -0.3 is 14.5 Å². The Labute approximate surface area is 264 Å². The number of imide groups is 1. The molecule has 0 aliphatic carbocycles. The number of anilines is 2. The van der Waals surface area contributed by atoms with Crippen LogP contribution in [-0.4, -0.2) is 72.5 Å². The van der Waals surface area contributed by atoms with Gasteiger partial charge in [-0.1, -0.05) is 24.3 Å². The van der Waals surface area contributed by atoms with Crippen molar-refractivity contribution in [1.29, 1.82) is 0 Å². The van der Waals surface area contributed by atoms with Gasteiger partial charge in [0, 0.05) is 55.6 Å². The van der Waals surface area contributed by atoms with Crippen LogP contribution in [0.5, 0.6) is 5.75 Å². The summed E-state index contributed by atoms with van der Waals surface area (Å²) in [6.07, 6.45) is 4.67. The summed E-state index contributed by atoms with van der Waals surface area (Å²) in [5.41, 5.74) is 5.27. The van der Waals surface area contributed by atoms with Gasteiger partial charge in [0.2, 0.25) is 5.91 Å². The molecule has 10 heteroatoms. The van der Waals surface area contributed by atoms with Gasteiger partial charge in [0.05, 0.1) is 18.6 Å². The number of urea groups is 1. The van der Waals surface area contributed by atoms with Gasteiger partial charge in [-0.2, -0.15) is 0 Å². The number of amides is 3.